The van der Waals surface area contributed by atoms with E-state index in [9.17, 15) is 4.79 Å². The first-order chi connectivity index (χ1) is 8.88. The summed E-state index contributed by atoms with van der Waals surface area (Å²) in [7, 11) is 0. The van der Waals surface area contributed by atoms with Crippen molar-refractivity contribution < 1.29 is 4.79 Å². The van der Waals surface area contributed by atoms with Crippen LogP contribution in [0.3, 0.4) is 0 Å². The number of nitrogens with one attached hydrogen (secondary N) is 1. The van der Waals surface area contributed by atoms with E-state index in [1.807, 2.05) is 12.1 Å². The molecule has 0 aliphatic carbocycles. The van der Waals surface area contributed by atoms with Crippen LogP contribution < -0.4 is 5.43 Å². The van der Waals surface area contributed by atoms with Gasteiger partial charge in [-0.15, -0.1) is 23.2 Å². The molecule has 1 aromatic rings. The van der Waals surface area contributed by atoms with Crippen LogP contribution in [0.25, 0.3) is 0 Å². The third kappa shape index (κ3) is 4.84. The van der Waals surface area contributed by atoms with Crippen molar-refractivity contribution in [1.82, 2.24) is 5.43 Å². The predicted molar refractivity (Wildman–Crippen MR) is 81.5 cm³/mol. The molecule has 0 spiro atoms. The van der Waals surface area contributed by atoms with Crippen LogP contribution in [0, 0.1) is 0 Å². The summed E-state index contributed by atoms with van der Waals surface area (Å²) in [4.78, 5) is 11.8. The van der Waals surface area contributed by atoms with Gasteiger partial charge in [-0.3, -0.25) is 4.79 Å². The molecule has 1 N–H and O–H groups in total. The number of halogens is 2. The monoisotopic (exact) mass is 300 g/mol. The van der Waals surface area contributed by atoms with Gasteiger partial charge in [0.1, 0.15) is 0 Å². The molecule has 5 heteroatoms. The van der Waals surface area contributed by atoms with Gasteiger partial charge in [0.05, 0.1) is 17.5 Å². The van der Waals surface area contributed by atoms with Gasteiger partial charge in [-0.05, 0) is 23.1 Å². The highest BCUT2D eigenvalue weighted by molar-refractivity contribution is 6.37. The number of carbonyl (C=O) groups is 1. The number of rotatable bonds is 4. The van der Waals surface area contributed by atoms with Crippen LogP contribution >= 0.6 is 23.2 Å². The summed E-state index contributed by atoms with van der Waals surface area (Å²) in [5.74, 6) is 0.132. The molecule has 0 aliphatic heterocycles. The quantitative estimate of drug-likeness (QED) is 0.516. The molecule has 1 aromatic carbocycles. The molecule has 0 saturated carbocycles. The first-order valence-corrected chi connectivity index (χ1v) is 7.03. The minimum absolute atomic E-state index is 0.0670. The number of hydrazone groups is 1. The molecule has 0 heterocycles. The normalized spacial score (nSPS) is 11.0. The second-order valence-corrected chi connectivity index (χ2v) is 5.75. The Bertz CT molecular complexity index is 455. The number of hydrogen-bond donors (Lipinski definition) is 1. The van der Waals surface area contributed by atoms with E-state index >= 15 is 0 Å². The molecule has 1 rings (SSSR count). The van der Waals surface area contributed by atoms with Crippen molar-refractivity contribution in [2.24, 2.45) is 5.10 Å². The molecule has 104 valence electrons. The van der Waals surface area contributed by atoms with Gasteiger partial charge in [0.25, 0.3) is 5.91 Å². The van der Waals surface area contributed by atoms with E-state index < -0.39 is 0 Å². The van der Waals surface area contributed by atoms with Gasteiger partial charge in [0, 0.05) is 5.56 Å². The van der Waals surface area contributed by atoms with E-state index in [0.717, 1.165) is 0 Å². The Morgan fingerprint density at radius 3 is 2.11 bits per heavy atom. The molecule has 0 radical (unpaired) electrons. The summed E-state index contributed by atoms with van der Waals surface area (Å²) < 4.78 is 0. The van der Waals surface area contributed by atoms with Crippen molar-refractivity contribution in [1.29, 1.82) is 0 Å². The average Bonchev–Trinajstić information content (AvgIpc) is 2.39. The first kappa shape index (κ1) is 16.0. The van der Waals surface area contributed by atoms with Gasteiger partial charge in [-0.1, -0.05) is 32.9 Å². The summed E-state index contributed by atoms with van der Waals surface area (Å²) in [5.41, 5.74) is 4.77. The zero-order chi connectivity index (χ0) is 14.5. The van der Waals surface area contributed by atoms with E-state index in [2.05, 4.69) is 31.3 Å². The second kappa shape index (κ2) is 6.92. The Hall–Kier alpha value is -1.06. The van der Waals surface area contributed by atoms with Gasteiger partial charge < -0.3 is 0 Å². The minimum atomic E-state index is -0.270. The Kier molecular flexibility index (Phi) is 5.83. The lowest BCUT2D eigenvalue weighted by atomic mass is 9.87. The Morgan fingerprint density at radius 2 is 1.68 bits per heavy atom. The van der Waals surface area contributed by atoms with Crippen LogP contribution in [-0.2, 0) is 5.41 Å². The van der Waals surface area contributed by atoms with Crippen LogP contribution in [-0.4, -0.2) is 23.4 Å². The molecule has 1 amide bonds. The highest BCUT2D eigenvalue weighted by atomic mass is 35.5. The number of alkyl halides is 2. The van der Waals surface area contributed by atoms with E-state index in [0.29, 0.717) is 11.3 Å². The minimum Gasteiger partial charge on any atom is -0.267 e. The molecule has 0 aliphatic rings. The maximum Gasteiger partial charge on any atom is 0.271 e. The molecule has 19 heavy (non-hydrogen) atoms. The summed E-state index contributed by atoms with van der Waals surface area (Å²) in [6.07, 6.45) is 0. The van der Waals surface area contributed by atoms with E-state index in [1.54, 1.807) is 12.1 Å². The maximum absolute atomic E-state index is 11.8. The van der Waals surface area contributed by atoms with Crippen molar-refractivity contribution in [2.75, 3.05) is 11.8 Å². The van der Waals surface area contributed by atoms with E-state index in [1.165, 1.54) is 5.56 Å². The number of nitrogens with zero attached hydrogens (tertiary/aromatic N) is 1. The Balaban J connectivity index is 2.76. The SMILES string of the molecule is CC(C)(C)c1ccc(C(=O)NN=C(CCl)CCl)cc1. The molecular formula is C14H18Cl2N2O. The van der Waals surface area contributed by atoms with Gasteiger partial charge in [0.2, 0.25) is 0 Å². The fourth-order valence-electron chi connectivity index (χ4n) is 1.41. The maximum atomic E-state index is 11.8. The van der Waals surface area contributed by atoms with Crippen LogP contribution in [0.4, 0.5) is 0 Å². The third-order valence-electron chi connectivity index (χ3n) is 2.64. The lowest BCUT2D eigenvalue weighted by molar-refractivity contribution is 0.0954. The highest BCUT2D eigenvalue weighted by Gasteiger charge is 2.14. The number of carbonyl (C=O) groups excluding carboxylic acids is 1. The second-order valence-electron chi connectivity index (χ2n) is 5.21. The van der Waals surface area contributed by atoms with Gasteiger partial charge in [-0.2, -0.15) is 5.10 Å². The summed E-state index contributed by atoms with van der Waals surface area (Å²) >= 11 is 11.2. The van der Waals surface area contributed by atoms with Crippen molar-refractivity contribution in [3.8, 4) is 0 Å². The molecule has 0 aromatic heterocycles. The average molecular weight is 301 g/mol. The van der Waals surface area contributed by atoms with Gasteiger partial charge >= 0.3 is 0 Å². The molecule has 0 atom stereocenters. The lowest BCUT2D eigenvalue weighted by Crippen LogP contribution is -2.21. The van der Waals surface area contributed by atoms with Crippen molar-refractivity contribution in [2.45, 2.75) is 26.2 Å². The molecule has 0 unspecified atom stereocenters. The Labute approximate surface area is 124 Å². The van der Waals surface area contributed by atoms with E-state index in [4.69, 9.17) is 23.2 Å². The third-order valence-corrected chi connectivity index (χ3v) is 3.25. The van der Waals surface area contributed by atoms with Gasteiger partial charge in [-0.25, -0.2) is 5.43 Å². The van der Waals surface area contributed by atoms with Crippen LogP contribution in [0.2, 0.25) is 0 Å². The molecule has 0 saturated heterocycles. The highest BCUT2D eigenvalue weighted by Crippen LogP contribution is 2.22. The fourth-order valence-corrected chi connectivity index (χ4v) is 1.82. The zero-order valence-electron chi connectivity index (χ0n) is 11.3. The topological polar surface area (TPSA) is 41.5 Å². The molecule has 0 bridgehead atoms. The van der Waals surface area contributed by atoms with Crippen molar-refractivity contribution in [3.05, 3.63) is 35.4 Å². The summed E-state index contributed by atoms with van der Waals surface area (Å²) in [5, 5.41) is 3.86. The summed E-state index contributed by atoms with van der Waals surface area (Å²) in [6.45, 7) is 6.37. The smallest absolute Gasteiger partial charge is 0.267 e. The standard InChI is InChI=1S/C14H18Cl2N2O/c1-14(2,3)11-6-4-10(5-7-11)13(19)18-17-12(8-15)9-16/h4-7H,8-9H2,1-3H3,(H,18,19). The zero-order valence-corrected chi connectivity index (χ0v) is 12.8. The number of amides is 1. The van der Waals surface area contributed by atoms with Crippen molar-refractivity contribution in [3.63, 3.8) is 0 Å². The molecule has 0 fully saturated rings. The van der Waals surface area contributed by atoms with Crippen LogP contribution in [0.15, 0.2) is 29.4 Å². The predicted octanol–water partition coefficient (Wildman–Crippen LogP) is 3.55. The number of benzene rings is 1. The fraction of sp³-hybridized carbons (Fsp3) is 0.429. The largest absolute Gasteiger partial charge is 0.271 e. The molecular weight excluding hydrogens is 283 g/mol. The van der Waals surface area contributed by atoms with Gasteiger partial charge in [0.15, 0.2) is 0 Å². The first-order valence-electron chi connectivity index (χ1n) is 5.96. The number of hydrogen-bond acceptors (Lipinski definition) is 2. The van der Waals surface area contributed by atoms with Crippen LogP contribution in [0.1, 0.15) is 36.7 Å². The van der Waals surface area contributed by atoms with E-state index in [-0.39, 0.29) is 23.1 Å². The van der Waals surface area contributed by atoms with Crippen LogP contribution in [0.5, 0.6) is 0 Å². The van der Waals surface area contributed by atoms with Crippen molar-refractivity contribution >= 4 is 34.8 Å². The molecule has 3 nitrogen and oxygen atoms in total. The summed E-state index contributed by atoms with van der Waals surface area (Å²) in [6, 6.07) is 7.46. The lowest BCUT2D eigenvalue weighted by Gasteiger charge is -2.18. The Morgan fingerprint density at radius 1 is 1.16 bits per heavy atom.